The molecular weight excluding hydrogens is 384 g/mol. The van der Waals surface area contributed by atoms with Gasteiger partial charge in [0.25, 0.3) is 0 Å². The molecule has 3 nitrogen and oxygen atoms in total. The van der Waals surface area contributed by atoms with Gasteiger partial charge in [-0.1, -0.05) is 43.7 Å². The van der Waals surface area contributed by atoms with Crippen molar-refractivity contribution >= 4 is 0 Å². The minimum absolute atomic E-state index is 0.0370. The van der Waals surface area contributed by atoms with Gasteiger partial charge in [-0.25, -0.2) is 0 Å². The van der Waals surface area contributed by atoms with Gasteiger partial charge in [0, 0.05) is 24.2 Å². The molecule has 4 bridgehead atoms. The van der Waals surface area contributed by atoms with E-state index in [4.69, 9.17) is 9.47 Å². The average molecular weight is 419 g/mol. The number of rotatable bonds is 1. The van der Waals surface area contributed by atoms with Crippen LogP contribution in [0.1, 0.15) is 38.2 Å². The summed E-state index contributed by atoms with van der Waals surface area (Å²) in [6.07, 6.45) is 12.5. The second-order valence-electron chi connectivity index (χ2n) is 10.7. The molecule has 9 atom stereocenters. The lowest BCUT2D eigenvalue weighted by Gasteiger charge is -2.39. The Labute approximate surface area is 185 Å². The number of aliphatic hydroxyl groups excluding tert-OH is 1. The number of ether oxygens (including phenoxy) is 2. The molecule has 3 aliphatic heterocycles. The lowest BCUT2D eigenvalue weighted by atomic mass is 9.67. The van der Waals surface area contributed by atoms with Crippen LogP contribution in [0.4, 0.5) is 0 Å². The average Bonchev–Trinajstić information content (AvgIpc) is 3.36. The van der Waals surface area contributed by atoms with Gasteiger partial charge in [-0.15, -0.1) is 6.58 Å². The summed E-state index contributed by atoms with van der Waals surface area (Å²) in [7, 11) is 0. The molecule has 1 aromatic rings. The summed E-state index contributed by atoms with van der Waals surface area (Å²) in [6.45, 7) is 7.08. The molecule has 3 heteroatoms. The van der Waals surface area contributed by atoms with Crippen molar-refractivity contribution in [3.63, 3.8) is 0 Å². The molecule has 6 aliphatic rings. The van der Waals surface area contributed by atoms with E-state index in [1.807, 2.05) is 6.08 Å². The summed E-state index contributed by atoms with van der Waals surface area (Å²) in [5.74, 6) is 4.41. The summed E-state index contributed by atoms with van der Waals surface area (Å²) in [4.78, 5) is 0. The van der Waals surface area contributed by atoms with Crippen molar-refractivity contribution in [1.82, 2.24) is 0 Å². The normalized spacial score (nSPS) is 45.6. The molecule has 0 radical (unpaired) electrons. The van der Waals surface area contributed by atoms with Gasteiger partial charge in [0.05, 0.1) is 18.5 Å². The SMILES string of the molecule is C=C[C@H]1C=C[C@H]2[C@@H]3C[C@H](C)CC[C@H]3[C@@H]3Oc4ccc(cc4)C[C@@H]4C/C(=C(/O)[C@@H]1[C@H]23)CO4. The quantitative estimate of drug-likeness (QED) is 0.579. The van der Waals surface area contributed by atoms with E-state index >= 15 is 0 Å². The van der Waals surface area contributed by atoms with Crippen LogP contribution in [0.2, 0.25) is 0 Å². The maximum atomic E-state index is 11.7. The maximum Gasteiger partial charge on any atom is 0.119 e. The molecule has 3 heterocycles. The highest BCUT2D eigenvalue weighted by Gasteiger charge is 2.57. The van der Waals surface area contributed by atoms with Crippen LogP contribution in [0.15, 0.2) is 60.4 Å². The molecule has 164 valence electrons. The molecule has 31 heavy (non-hydrogen) atoms. The van der Waals surface area contributed by atoms with Gasteiger partial charge < -0.3 is 14.6 Å². The monoisotopic (exact) mass is 418 g/mol. The van der Waals surface area contributed by atoms with Crippen LogP contribution in [-0.2, 0) is 11.2 Å². The van der Waals surface area contributed by atoms with E-state index in [-0.39, 0.29) is 30.0 Å². The Kier molecular flexibility index (Phi) is 4.79. The highest BCUT2D eigenvalue weighted by atomic mass is 16.5. The first-order valence-corrected chi connectivity index (χ1v) is 12.2. The zero-order valence-electron chi connectivity index (χ0n) is 18.5. The van der Waals surface area contributed by atoms with Gasteiger partial charge in [-0.3, -0.25) is 0 Å². The van der Waals surface area contributed by atoms with Gasteiger partial charge >= 0.3 is 0 Å². The standard InChI is InChI=1S/C28H34O3/c1-3-18-7-11-22-24-12-16(2)4-10-23(24)28-26(22)25(18)27(29)19-14-21(30-15-19)13-17-5-8-20(31-28)9-6-17/h3,5-9,11,16,18,21-26,28-29H,1,4,10,12-15H2,2H3/b27-19-/t16-,18+,21-,22+,23-,24+,25+,26+,28+/m1/s1. The number of fused-ring (bicyclic) bond motifs is 4. The van der Waals surface area contributed by atoms with Gasteiger partial charge in [0.1, 0.15) is 11.9 Å². The molecule has 2 saturated carbocycles. The summed E-state index contributed by atoms with van der Waals surface area (Å²) in [5, 5.41) is 11.7. The Morgan fingerprint density at radius 2 is 1.90 bits per heavy atom. The van der Waals surface area contributed by atoms with Crippen LogP contribution in [-0.4, -0.2) is 23.9 Å². The summed E-state index contributed by atoms with van der Waals surface area (Å²) in [5.41, 5.74) is 2.36. The fourth-order valence-electron chi connectivity index (χ4n) is 7.47. The third kappa shape index (κ3) is 3.19. The van der Waals surface area contributed by atoms with E-state index in [0.29, 0.717) is 30.1 Å². The highest BCUT2D eigenvalue weighted by Crippen LogP contribution is 2.58. The van der Waals surface area contributed by atoms with E-state index in [1.54, 1.807) is 0 Å². The smallest absolute Gasteiger partial charge is 0.119 e. The molecule has 3 fully saturated rings. The molecular formula is C28H34O3. The van der Waals surface area contributed by atoms with Crippen molar-refractivity contribution < 1.29 is 14.6 Å². The fraction of sp³-hybridized carbons (Fsp3) is 0.571. The molecule has 0 unspecified atom stereocenters. The largest absolute Gasteiger partial charge is 0.512 e. The summed E-state index contributed by atoms with van der Waals surface area (Å²) >= 11 is 0. The van der Waals surface area contributed by atoms with Crippen molar-refractivity contribution in [3.05, 3.63) is 66.0 Å². The lowest BCUT2D eigenvalue weighted by molar-refractivity contribution is 0.0531. The number of benzene rings is 1. The molecule has 0 spiro atoms. The minimum atomic E-state index is 0.0370. The van der Waals surface area contributed by atoms with Gasteiger partial charge in [-0.05, 0) is 66.2 Å². The lowest BCUT2D eigenvalue weighted by Crippen LogP contribution is -2.40. The van der Waals surface area contributed by atoms with E-state index < -0.39 is 0 Å². The number of hydrogen-bond donors (Lipinski definition) is 1. The van der Waals surface area contributed by atoms with Crippen LogP contribution >= 0.6 is 0 Å². The van der Waals surface area contributed by atoms with Gasteiger partial charge in [-0.2, -0.15) is 0 Å². The molecule has 3 aliphatic carbocycles. The highest BCUT2D eigenvalue weighted by molar-refractivity contribution is 5.32. The first kappa shape index (κ1) is 19.7. The van der Waals surface area contributed by atoms with Gasteiger partial charge in [0.2, 0.25) is 0 Å². The number of aliphatic hydroxyl groups is 1. The van der Waals surface area contributed by atoms with Crippen LogP contribution in [0, 0.1) is 41.4 Å². The Bertz CT molecular complexity index is 913. The molecule has 1 N–H and O–H groups in total. The Balaban J connectivity index is 1.50. The molecule has 1 aromatic carbocycles. The van der Waals surface area contributed by atoms with Crippen molar-refractivity contribution in [2.24, 2.45) is 41.4 Å². The van der Waals surface area contributed by atoms with Crippen molar-refractivity contribution in [2.45, 2.75) is 51.2 Å². The predicted octanol–water partition coefficient (Wildman–Crippen LogP) is 5.88. The Morgan fingerprint density at radius 3 is 2.71 bits per heavy atom. The van der Waals surface area contributed by atoms with E-state index in [0.717, 1.165) is 30.1 Å². The molecule has 0 aromatic heterocycles. The second kappa shape index (κ2) is 7.55. The van der Waals surface area contributed by atoms with Crippen molar-refractivity contribution in [3.8, 4) is 5.75 Å². The maximum absolute atomic E-state index is 11.7. The van der Waals surface area contributed by atoms with Crippen LogP contribution in [0.3, 0.4) is 0 Å². The first-order chi connectivity index (χ1) is 15.1. The van der Waals surface area contributed by atoms with Crippen LogP contribution < -0.4 is 4.74 Å². The van der Waals surface area contributed by atoms with E-state index in [9.17, 15) is 5.11 Å². The van der Waals surface area contributed by atoms with Crippen LogP contribution in [0.5, 0.6) is 5.75 Å². The molecule has 0 amide bonds. The number of hydrogen-bond acceptors (Lipinski definition) is 3. The topological polar surface area (TPSA) is 38.7 Å². The summed E-state index contributed by atoms with van der Waals surface area (Å²) < 4.78 is 13.0. The predicted molar refractivity (Wildman–Crippen MR) is 122 cm³/mol. The van der Waals surface area contributed by atoms with Crippen molar-refractivity contribution in [2.75, 3.05) is 6.61 Å². The first-order valence-electron chi connectivity index (χ1n) is 12.2. The zero-order valence-corrected chi connectivity index (χ0v) is 18.5. The zero-order chi connectivity index (χ0) is 21.1. The second-order valence-corrected chi connectivity index (χ2v) is 10.7. The van der Waals surface area contributed by atoms with Crippen LogP contribution in [0.25, 0.3) is 0 Å². The van der Waals surface area contributed by atoms with Crippen molar-refractivity contribution in [1.29, 1.82) is 0 Å². The van der Waals surface area contributed by atoms with E-state index in [2.05, 4.69) is 49.9 Å². The Morgan fingerprint density at radius 1 is 1.06 bits per heavy atom. The molecule has 7 rings (SSSR count). The van der Waals surface area contributed by atoms with E-state index in [1.165, 1.54) is 24.8 Å². The Hall–Kier alpha value is -2.00. The minimum Gasteiger partial charge on any atom is -0.512 e. The fourth-order valence-corrected chi connectivity index (χ4v) is 7.47. The third-order valence-corrected chi connectivity index (χ3v) is 8.92. The molecule has 1 saturated heterocycles. The third-order valence-electron chi connectivity index (χ3n) is 8.92. The number of allylic oxidation sites excluding steroid dienone is 4. The van der Waals surface area contributed by atoms with Gasteiger partial charge in [0.15, 0.2) is 0 Å². The summed E-state index contributed by atoms with van der Waals surface area (Å²) in [6, 6.07) is 8.66.